The smallest absolute Gasteiger partial charge is 0.163 e. The second-order valence-electron chi connectivity index (χ2n) is 5.92. The molecule has 4 heteroatoms. The van der Waals surface area contributed by atoms with Gasteiger partial charge >= 0.3 is 0 Å². The molecule has 2 aliphatic rings. The van der Waals surface area contributed by atoms with Crippen molar-refractivity contribution in [1.29, 1.82) is 5.26 Å². The highest BCUT2D eigenvalue weighted by atomic mass is 15.2. The molecule has 0 amide bonds. The van der Waals surface area contributed by atoms with Gasteiger partial charge in [0.2, 0.25) is 0 Å². The molecular weight excluding hydrogens is 248 g/mol. The van der Waals surface area contributed by atoms with Crippen LogP contribution in [0, 0.1) is 17.2 Å². The number of nitrogens with zero attached hydrogens (tertiary/aromatic N) is 4. The van der Waals surface area contributed by atoms with Crippen LogP contribution in [0.2, 0.25) is 0 Å². The lowest BCUT2D eigenvalue weighted by atomic mass is 9.95. The van der Waals surface area contributed by atoms with Gasteiger partial charge in [0.05, 0.1) is 5.69 Å². The van der Waals surface area contributed by atoms with Crippen molar-refractivity contribution in [3.05, 3.63) is 24.0 Å². The van der Waals surface area contributed by atoms with Gasteiger partial charge in [-0.15, -0.1) is 0 Å². The Kier molecular flexibility index (Phi) is 4.17. The minimum absolute atomic E-state index is 0.561. The van der Waals surface area contributed by atoms with Crippen LogP contribution in [0.15, 0.2) is 18.3 Å². The molecule has 0 saturated carbocycles. The summed E-state index contributed by atoms with van der Waals surface area (Å²) in [6.45, 7) is 5.96. The number of piperidine rings is 1. The summed E-state index contributed by atoms with van der Waals surface area (Å²) in [5.74, 6) is 0.826. The molecule has 0 aromatic carbocycles. The van der Waals surface area contributed by atoms with Crippen LogP contribution in [0.3, 0.4) is 0 Å². The Hall–Kier alpha value is -1.60. The highest BCUT2D eigenvalue weighted by Crippen LogP contribution is 2.26. The number of rotatable bonds is 3. The van der Waals surface area contributed by atoms with E-state index in [-0.39, 0.29) is 0 Å². The summed E-state index contributed by atoms with van der Waals surface area (Å²) in [6, 6.07) is 6.15. The van der Waals surface area contributed by atoms with Gasteiger partial charge in [0.15, 0.2) is 5.69 Å². The SMILES string of the molecule is N#Cc1ncccc1N1CCC(CN2CCCC2)CC1. The Labute approximate surface area is 121 Å². The highest BCUT2D eigenvalue weighted by Gasteiger charge is 2.24. The van der Waals surface area contributed by atoms with Gasteiger partial charge in [-0.05, 0) is 56.8 Å². The van der Waals surface area contributed by atoms with Gasteiger partial charge in [0.1, 0.15) is 6.07 Å². The Morgan fingerprint density at radius 2 is 1.95 bits per heavy atom. The lowest BCUT2D eigenvalue weighted by Gasteiger charge is -2.35. The van der Waals surface area contributed by atoms with Crippen LogP contribution in [0.1, 0.15) is 31.4 Å². The fourth-order valence-electron chi connectivity index (χ4n) is 3.42. The van der Waals surface area contributed by atoms with Crippen molar-refractivity contribution >= 4 is 5.69 Å². The molecule has 20 heavy (non-hydrogen) atoms. The van der Waals surface area contributed by atoms with Gasteiger partial charge in [0.25, 0.3) is 0 Å². The number of nitriles is 1. The Balaban J connectivity index is 1.56. The first-order valence-corrected chi connectivity index (χ1v) is 7.69. The van der Waals surface area contributed by atoms with Crippen molar-refractivity contribution in [3.8, 4) is 6.07 Å². The Morgan fingerprint density at radius 3 is 2.65 bits per heavy atom. The predicted molar refractivity (Wildman–Crippen MR) is 79.6 cm³/mol. The minimum atomic E-state index is 0.561. The first-order valence-electron chi connectivity index (χ1n) is 7.69. The summed E-state index contributed by atoms with van der Waals surface area (Å²) in [5, 5.41) is 9.14. The van der Waals surface area contributed by atoms with E-state index in [9.17, 15) is 0 Å². The molecule has 0 atom stereocenters. The fraction of sp³-hybridized carbons (Fsp3) is 0.625. The van der Waals surface area contributed by atoms with Crippen LogP contribution in [0.5, 0.6) is 0 Å². The minimum Gasteiger partial charge on any atom is -0.369 e. The summed E-state index contributed by atoms with van der Waals surface area (Å²) in [4.78, 5) is 9.11. The zero-order valence-electron chi connectivity index (χ0n) is 12.0. The molecule has 4 nitrogen and oxygen atoms in total. The second kappa shape index (κ2) is 6.23. The largest absolute Gasteiger partial charge is 0.369 e. The molecule has 106 valence electrons. The quantitative estimate of drug-likeness (QED) is 0.845. The van der Waals surface area contributed by atoms with Gasteiger partial charge in [0, 0.05) is 25.8 Å². The summed E-state index contributed by atoms with van der Waals surface area (Å²) < 4.78 is 0. The maximum Gasteiger partial charge on any atom is 0.163 e. The van der Waals surface area contributed by atoms with Crippen LogP contribution in [0.4, 0.5) is 5.69 Å². The molecule has 0 N–H and O–H groups in total. The predicted octanol–water partition coefficient (Wildman–Crippen LogP) is 2.27. The number of aromatic nitrogens is 1. The standard InChI is InChI=1S/C16H22N4/c17-12-15-16(4-3-7-18-15)20-10-5-14(6-11-20)13-19-8-1-2-9-19/h3-4,7,14H,1-2,5-6,8-11,13H2. The zero-order valence-corrected chi connectivity index (χ0v) is 12.0. The van der Waals surface area contributed by atoms with Crippen molar-refractivity contribution < 1.29 is 0 Å². The zero-order chi connectivity index (χ0) is 13.8. The molecule has 0 spiro atoms. The summed E-state index contributed by atoms with van der Waals surface area (Å²) in [6.07, 6.45) is 6.91. The highest BCUT2D eigenvalue weighted by molar-refractivity contribution is 5.55. The van der Waals surface area contributed by atoms with E-state index in [1.54, 1.807) is 6.20 Å². The maximum absolute atomic E-state index is 9.14. The fourth-order valence-corrected chi connectivity index (χ4v) is 3.42. The van der Waals surface area contributed by atoms with Crippen molar-refractivity contribution in [2.45, 2.75) is 25.7 Å². The van der Waals surface area contributed by atoms with Gasteiger partial charge in [-0.3, -0.25) is 0 Å². The topological polar surface area (TPSA) is 43.2 Å². The van der Waals surface area contributed by atoms with Gasteiger partial charge in [-0.25, -0.2) is 4.98 Å². The number of likely N-dealkylation sites (tertiary alicyclic amines) is 1. The van der Waals surface area contributed by atoms with E-state index < -0.39 is 0 Å². The molecule has 0 aliphatic carbocycles. The Morgan fingerprint density at radius 1 is 1.20 bits per heavy atom. The number of pyridine rings is 1. The number of anilines is 1. The third kappa shape index (κ3) is 2.94. The van der Waals surface area contributed by atoms with Crippen LogP contribution in [-0.4, -0.2) is 42.6 Å². The van der Waals surface area contributed by atoms with Crippen molar-refractivity contribution in [1.82, 2.24) is 9.88 Å². The monoisotopic (exact) mass is 270 g/mol. The van der Waals surface area contributed by atoms with Gasteiger partial charge in [-0.2, -0.15) is 5.26 Å². The second-order valence-corrected chi connectivity index (χ2v) is 5.92. The molecule has 0 bridgehead atoms. The van der Waals surface area contributed by atoms with Crippen molar-refractivity contribution in [3.63, 3.8) is 0 Å². The van der Waals surface area contributed by atoms with E-state index in [2.05, 4.69) is 20.9 Å². The first kappa shape index (κ1) is 13.4. The molecule has 2 aliphatic heterocycles. The first-order chi connectivity index (χ1) is 9.86. The van der Waals surface area contributed by atoms with Crippen LogP contribution in [-0.2, 0) is 0 Å². The molecule has 1 aromatic rings. The average Bonchev–Trinajstić information content (AvgIpc) is 3.01. The molecule has 1 aromatic heterocycles. The molecule has 3 heterocycles. The molecule has 2 fully saturated rings. The third-order valence-corrected chi connectivity index (χ3v) is 4.56. The molecular formula is C16H22N4. The molecule has 0 radical (unpaired) electrons. The van der Waals surface area contributed by atoms with E-state index in [0.29, 0.717) is 5.69 Å². The van der Waals surface area contributed by atoms with Crippen LogP contribution >= 0.6 is 0 Å². The number of hydrogen-bond acceptors (Lipinski definition) is 4. The summed E-state index contributed by atoms with van der Waals surface area (Å²) in [7, 11) is 0. The van der Waals surface area contributed by atoms with E-state index in [1.165, 1.54) is 45.3 Å². The van der Waals surface area contributed by atoms with E-state index in [1.807, 2.05) is 12.1 Å². The van der Waals surface area contributed by atoms with Crippen LogP contribution < -0.4 is 4.90 Å². The van der Waals surface area contributed by atoms with E-state index in [4.69, 9.17) is 5.26 Å². The average molecular weight is 270 g/mol. The van der Waals surface area contributed by atoms with Gasteiger partial charge < -0.3 is 9.80 Å². The molecule has 2 saturated heterocycles. The number of hydrogen-bond donors (Lipinski definition) is 0. The van der Waals surface area contributed by atoms with Crippen LogP contribution in [0.25, 0.3) is 0 Å². The lowest BCUT2D eigenvalue weighted by molar-refractivity contribution is 0.249. The van der Waals surface area contributed by atoms with E-state index >= 15 is 0 Å². The van der Waals surface area contributed by atoms with Gasteiger partial charge in [-0.1, -0.05) is 0 Å². The maximum atomic E-state index is 9.14. The summed E-state index contributed by atoms with van der Waals surface area (Å²) >= 11 is 0. The summed E-state index contributed by atoms with van der Waals surface area (Å²) in [5.41, 5.74) is 1.57. The Bertz CT molecular complexity index is 479. The normalized spacial score (nSPS) is 21.1. The molecule has 0 unspecified atom stereocenters. The molecule has 3 rings (SSSR count). The lowest BCUT2D eigenvalue weighted by Crippen LogP contribution is -2.38. The van der Waals surface area contributed by atoms with Crippen molar-refractivity contribution in [2.75, 3.05) is 37.6 Å². The van der Waals surface area contributed by atoms with E-state index in [0.717, 1.165) is 24.7 Å². The van der Waals surface area contributed by atoms with Crippen molar-refractivity contribution in [2.24, 2.45) is 5.92 Å². The third-order valence-electron chi connectivity index (χ3n) is 4.56.